The number of hydrogen-bond donors (Lipinski definition) is 1. The molecule has 1 atom stereocenters. The number of fused-ring (bicyclic) bond motifs is 1. The lowest BCUT2D eigenvalue weighted by Crippen LogP contribution is -2.27. The van der Waals surface area contributed by atoms with E-state index in [9.17, 15) is 18.7 Å². The van der Waals surface area contributed by atoms with Crippen molar-refractivity contribution in [3.63, 3.8) is 0 Å². The Morgan fingerprint density at radius 2 is 1.83 bits per heavy atom. The predicted octanol–water partition coefficient (Wildman–Crippen LogP) is 2.72. The number of aliphatic hydroxyl groups excluding tert-OH is 1. The Balaban J connectivity index is 1.99. The maximum atomic E-state index is 13.3. The van der Waals surface area contributed by atoms with Gasteiger partial charge >= 0.3 is 0 Å². The van der Waals surface area contributed by atoms with Crippen molar-refractivity contribution in [1.29, 1.82) is 0 Å². The summed E-state index contributed by atoms with van der Waals surface area (Å²) in [5, 5.41) is 15.6. The third kappa shape index (κ3) is 2.85. The monoisotopic (exact) mass is 316 g/mol. The first kappa shape index (κ1) is 15.3. The second-order valence-corrected chi connectivity index (χ2v) is 5.31. The van der Waals surface area contributed by atoms with E-state index in [1.54, 1.807) is 25.1 Å². The van der Waals surface area contributed by atoms with E-state index >= 15 is 0 Å². The van der Waals surface area contributed by atoms with Crippen LogP contribution in [0.2, 0.25) is 0 Å². The third-order valence-corrected chi connectivity index (χ3v) is 3.73. The molecule has 4 nitrogen and oxygen atoms in total. The number of halogens is 2. The fourth-order valence-corrected chi connectivity index (χ4v) is 2.52. The second kappa shape index (κ2) is 5.89. The third-order valence-electron chi connectivity index (χ3n) is 3.73. The fourth-order valence-electron chi connectivity index (χ4n) is 2.52. The molecule has 0 saturated carbocycles. The molecule has 0 amide bonds. The quantitative estimate of drug-likeness (QED) is 0.808. The number of rotatable bonds is 3. The van der Waals surface area contributed by atoms with E-state index in [0.717, 1.165) is 22.2 Å². The zero-order chi connectivity index (χ0) is 16.6. The van der Waals surface area contributed by atoms with Gasteiger partial charge in [-0.3, -0.25) is 4.79 Å². The topological polar surface area (TPSA) is 55.1 Å². The van der Waals surface area contributed by atoms with Crippen LogP contribution in [0.5, 0.6) is 0 Å². The van der Waals surface area contributed by atoms with Gasteiger partial charge in [-0.1, -0.05) is 24.3 Å². The lowest BCUT2D eigenvalue weighted by atomic mass is 10.1. The molecule has 1 unspecified atom stereocenters. The minimum atomic E-state index is -1.17. The van der Waals surface area contributed by atoms with Crippen molar-refractivity contribution >= 4 is 10.8 Å². The molecule has 0 aliphatic rings. The zero-order valence-electron chi connectivity index (χ0n) is 12.3. The van der Waals surface area contributed by atoms with Crippen molar-refractivity contribution in [3.8, 4) is 0 Å². The van der Waals surface area contributed by atoms with Crippen LogP contribution in [0, 0.1) is 18.6 Å². The minimum Gasteiger partial charge on any atom is -0.386 e. The molecule has 0 fully saturated rings. The van der Waals surface area contributed by atoms with Crippen LogP contribution in [0.25, 0.3) is 10.8 Å². The summed E-state index contributed by atoms with van der Waals surface area (Å²) in [4.78, 5) is 12.4. The number of hydrogen-bond acceptors (Lipinski definition) is 3. The SMILES string of the molecule is Cc1nn(CC(O)c2ccc(F)c(F)c2)c(=O)c2ccccc12. The molecule has 0 saturated heterocycles. The van der Waals surface area contributed by atoms with Gasteiger partial charge in [0.05, 0.1) is 23.7 Å². The molecular formula is C17H14F2N2O2. The van der Waals surface area contributed by atoms with Crippen molar-refractivity contribution < 1.29 is 13.9 Å². The summed E-state index contributed by atoms with van der Waals surface area (Å²) in [6.07, 6.45) is -1.17. The molecule has 0 radical (unpaired) electrons. The van der Waals surface area contributed by atoms with Crippen molar-refractivity contribution in [3.05, 3.63) is 75.7 Å². The van der Waals surface area contributed by atoms with E-state index in [2.05, 4.69) is 5.10 Å². The number of benzene rings is 2. The highest BCUT2D eigenvalue weighted by molar-refractivity contribution is 5.83. The minimum absolute atomic E-state index is 0.143. The highest BCUT2D eigenvalue weighted by Gasteiger charge is 2.15. The first-order valence-electron chi connectivity index (χ1n) is 7.07. The molecule has 3 aromatic rings. The predicted molar refractivity (Wildman–Crippen MR) is 82.1 cm³/mol. The summed E-state index contributed by atoms with van der Waals surface area (Å²) in [5.41, 5.74) is 0.494. The maximum absolute atomic E-state index is 13.3. The Morgan fingerprint density at radius 1 is 1.13 bits per heavy atom. The van der Waals surface area contributed by atoms with E-state index in [-0.39, 0.29) is 17.7 Å². The first-order chi connectivity index (χ1) is 11.0. The fraction of sp³-hybridized carbons (Fsp3) is 0.176. The molecule has 118 valence electrons. The lowest BCUT2D eigenvalue weighted by molar-refractivity contribution is 0.149. The largest absolute Gasteiger partial charge is 0.386 e. The van der Waals surface area contributed by atoms with Crippen LogP contribution in [0.1, 0.15) is 17.4 Å². The molecule has 3 rings (SSSR count). The smallest absolute Gasteiger partial charge is 0.274 e. The van der Waals surface area contributed by atoms with Crippen molar-refractivity contribution in [2.24, 2.45) is 0 Å². The summed E-state index contributed by atoms with van der Waals surface area (Å²) >= 11 is 0. The zero-order valence-corrected chi connectivity index (χ0v) is 12.3. The molecule has 2 aromatic carbocycles. The maximum Gasteiger partial charge on any atom is 0.274 e. The van der Waals surface area contributed by atoms with Crippen LogP contribution in [-0.2, 0) is 6.54 Å². The Kier molecular flexibility index (Phi) is 3.92. The van der Waals surface area contributed by atoms with Gasteiger partial charge in [0.15, 0.2) is 11.6 Å². The molecule has 6 heteroatoms. The van der Waals surface area contributed by atoms with Gasteiger partial charge in [-0.25, -0.2) is 13.5 Å². The molecule has 0 aliphatic heterocycles. The van der Waals surface area contributed by atoms with Gasteiger partial charge in [0.25, 0.3) is 5.56 Å². The molecule has 0 bridgehead atoms. The van der Waals surface area contributed by atoms with Crippen LogP contribution in [0.4, 0.5) is 8.78 Å². The van der Waals surface area contributed by atoms with E-state index in [4.69, 9.17) is 0 Å². The average Bonchev–Trinajstić information content (AvgIpc) is 2.55. The van der Waals surface area contributed by atoms with Crippen LogP contribution in [0.15, 0.2) is 47.3 Å². The number of aliphatic hydroxyl groups is 1. The standard InChI is InChI=1S/C17H14F2N2O2/c1-10-12-4-2-3-5-13(12)17(23)21(20-10)9-16(22)11-6-7-14(18)15(19)8-11/h2-8,16,22H,9H2,1H3. The molecular weight excluding hydrogens is 302 g/mol. The number of aryl methyl sites for hydroxylation is 1. The molecule has 0 aliphatic carbocycles. The van der Waals surface area contributed by atoms with Gasteiger partial charge in [0.1, 0.15) is 0 Å². The Bertz CT molecular complexity index is 938. The Morgan fingerprint density at radius 3 is 2.52 bits per heavy atom. The summed E-state index contributed by atoms with van der Waals surface area (Å²) < 4.78 is 27.4. The van der Waals surface area contributed by atoms with Crippen molar-refractivity contribution in [2.75, 3.05) is 0 Å². The van der Waals surface area contributed by atoms with Crippen LogP contribution in [-0.4, -0.2) is 14.9 Å². The van der Waals surface area contributed by atoms with Crippen molar-refractivity contribution in [2.45, 2.75) is 19.6 Å². The summed E-state index contributed by atoms with van der Waals surface area (Å²) in [6.45, 7) is 1.62. The van der Waals surface area contributed by atoms with Gasteiger partial charge in [-0.05, 0) is 30.7 Å². The highest BCUT2D eigenvalue weighted by atomic mass is 19.2. The first-order valence-corrected chi connectivity index (χ1v) is 7.07. The van der Waals surface area contributed by atoms with E-state index in [0.29, 0.717) is 11.1 Å². The molecule has 0 spiro atoms. The van der Waals surface area contributed by atoms with E-state index in [1.807, 2.05) is 6.07 Å². The van der Waals surface area contributed by atoms with Crippen LogP contribution in [0.3, 0.4) is 0 Å². The van der Waals surface area contributed by atoms with Gasteiger partial charge in [0.2, 0.25) is 0 Å². The summed E-state index contributed by atoms with van der Waals surface area (Å²) in [6, 6.07) is 10.2. The lowest BCUT2D eigenvalue weighted by Gasteiger charge is -2.14. The Labute approximate surface area is 130 Å². The molecule has 1 heterocycles. The number of aromatic nitrogens is 2. The van der Waals surface area contributed by atoms with Gasteiger partial charge in [0, 0.05) is 5.39 Å². The average molecular weight is 316 g/mol. The van der Waals surface area contributed by atoms with E-state index < -0.39 is 17.7 Å². The number of nitrogens with zero attached hydrogens (tertiary/aromatic N) is 2. The summed E-state index contributed by atoms with van der Waals surface area (Å²) in [5.74, 6) is -2.03. The Hall–Kier alpha value is -2.60. The normalized spacial score (nSPS) is 12.5. The van der Waals surface area contributed by atoms with Crippen LogP contribution >= 0.6 is 0 Å². The van der Waals surface area contributed by atoms with Gasteiger partial charge in [-0.2, -0.15) is 5.10 Å². The van der Waals surface area contributed by atoms with Crippen molar-refractivity contribution in [1.82, 2.24) is 9.78 Å². The van der Waals surface area contributed by atoms with Crippen LogP contribution < -0.4 is 5.56 Å². The summed E-state index contributed by atoms with van der Waals surface area (Å²) in [7, 11) is 0. The van der Waals surface area contributed by atoms with E-state index in [1.165, 1.54) is 6.07 Å². The molecule has 1 N–H and O–H groups in total. The van der Waals surface area contributed by atoms with Gasteiger partial charge in [-0.15, -0.1) is 0 Å². The second-order valence-electron chi connectivity index (χ2n) is 5.31. The molecule has 23 heavy (non-hydrogen) atoms. The van der Waals surface area contributed by atoms with Gasteiger partial charge < -0.3 is 5.11 Å². The molecule has 1 aromatic heterocycles. The highest BCUT2D eigenvalue weighted by Crippen LogP contribution is 2.18.